The Morgan fingerprint density at radius 1 is 0.979 bits per heavy atom. The molecular weight excluding hydrogens is 598 g/mol. The molecule has 2 amide bonds. The van der Waals surface area contributed by atoms with Crippen molar-refractivity contribution in [3.8, 4) is 23.2 Å². The lowest BCUT2D eigenvalue weighted by Crippen LogP contribution is -2.49. The van der Waals surface area contributed by atoms with Crippen molar-refractivity contribution in [1.29, 1.82) is 5.26 Å². The zero-order valence-electron chi connectivity index (χ0n) is 26.2. The van der Waals surface area contributed by atoms with Crippen LogP contribution in [0, 0.1) is 11.3 Å². The maximum Gasteiger partial charge on any atom is 0.324 e. The third-order valence-electron chi connectivity index (χ3n) is 8.31. The zero-order chi connectivity index (χ0) is 32.4. The number of nitrogens with zero attached hydrogens (tertiary/aromatic N) is 9. The average molecular weight is 636 g/mol. The molecule has 0 spiro atoms. The molecule has 4 heterocycles. The van der Waals surface area contributed by atoms with E-state index < -0.39 is 0 Å². The van der Waals surface area contributed by atoms with Crippen molar-refractivity contribution in [2.75, 3.05) is 48.5 Å². The van der Waals surface area contributed by atoms with E-state index in [0.29, 0.717) is 49.6 Å². The fourth-order valence-electron chi connectivity index (χ4n) is 5.83. The number of carbonyl (C=O) groups is 1. The highest BCUT2D eigenvalue weighted by Gasteiger charge is 2.32. The van der Waals surface area contributed by atoms with E-state index in [1.54, 1.807) is 35.9 Å². The summed E-state index contributed by atoms with van der Waals surface area (Å²) in [6.07, 6.45) is 12.1. The van der Waals surface area contributed by atoms with E-state index in [9.17, 15) is 10.1 Å². The van der Waals surface area contributed by atoms with Crippen molar-refractivity contribution in [3.05, 3.63) is 72.4 Å². The second-order valence-electron chi connectivity index (χ2n) is 11.4. The molecule has 2 fully saturated rings. The molecule has 1 saturated heterocycles. The van der Waals surface area contributed by atoms with Gasteiger partial charge >= 0.3 is 12.0 Å². The minimum Gasteiger partial charge on any atom is -0.467 e. The molecule has 1 aromatic carbocycles. The van der Waals surface area contributed by atoms with Crippen molar-refractivity contribution in [2.24, 2.45) is 0 Å². The lowest BCUT2D eigenvalue weighted by atomic mass is 9.90. The smallest absolute Gasteiger partial charge is 0.324 e. The Morgan fingerprint density at radius 3 is 2.40 bits per heavy atom. The van der Waals surface area contributed by atoms with E-state index in [4.69, 9.17) is 14.5 Å². The highest BCUT2D eigenvalue weighted by Crippen LogP contribution is 2.29. The number of nitriles is 1. The van der Waals surface area contributed by atoms with Crippen LogP contribution in [0.4, 0.5) is 22.5 Å². The van der Waals surface area contributed by atoms with Gasteiger partial charge in [0, 0.05) is 74.2 Å². The molecule has 14 heteroatoms. The molecule has 242 valence electrons. The van der Waals surface area contributed by atoms with Crippen molar-refractivity contribution in [3.63, 3.8) is 0 Å². The van der Waals surface area contributed by atoms with E-state index in [2.05, 4.69) is 46.5 Å². The molecule has 2 N–H and O–H groups in total. The third-order valence-corrected chi connectivity index (χ3v) is 8.31. The number of carbonyl (C=O) groups excluding carboxylic acids is 1. The zero-order valence-corrected chi connectivity index (χ0v) is 26.2. The number of nitrogens with one attached hydrogen (secondary N) is 2. The van der Waals surface area contributed by atoms with Gasteiger partial charge in [0.2, 0.25) is 11.9 Å². The maximum absolute atomic E-state index is 13.7. The van der Waals surface area contributed by atoms with Gasteiger partial charge in [-0.25, -0.2) is 29.7 Å². The monoisotopic (exact) mass is 635 g/mol. The fraction of sp³-hybridized carbons (Fsp3) is 0.394. The Kier molecular flexibility index (Phi) is 10.2. The summed E-state index contributed by atoms with van der Waals surface area (Å²) in [7, 11) is 1.51. The Balaban J connectivity index is 1.15. The third kappa shape index (κ3) is 7.87. The van der Waals surface area contributed by atoms with Gasteiger partial charge < -0.3 is 25.0 Å². The fourth-order valence-corrected chi connectivity index (χ4v) is 5.83. The molecule has 4 aromatic rings. The van der Waals surface area contributed by atoms with Crippen molar-refractivity contribution >= 4 is 23.7 Å². The van der Waals surface area contributed by atoms with Crippen LogP contribution in [0.5, 0.6) is 6.01 Å². The summed E-state index contributed by atoms with van der Waals surface area (Å²) in [6, 6.07) is 12.0. The van der Waals surface area contributed by atoms with Gasteiger partial charge in [-0.2, -0.15) is 10.2 Å². The van der Waals surface area contributed by atoms with Gasteiger partial charge in [-0.3, -0.25) is 4.90 Å². The summed E-state index contributed by atoms with van der Waals surface area (Å²) in [6.45, 7) is 3.13. The van der Waals surface area contributed by atoms with Gasteiger partial charge in [0.05, 0.1) is 19.9 Å². The Labute approximate surface area is 273 Å². The number of rotatable bonds is 9. The molecule has 1 aliphatic heterocycles. The van der Waals surface area contributed by atoms with Crippen molar-refractivity contribution in [1.82, 2.24) is 35.2 Å². The predicted octanol–water partition coefficient (Wildman–Crippen LogP) is 3.97. The average Bonchev–Trinajstić information content (AvgIpc) is 3.42. The van der Waals surface area contributed by atoms with Crippen LogP contribution >= 0.6 is 0 Å². The number of anilines is 3. The lowest BCUT2D eigenvalue weighted by Gasteiger charge is -2.36. The number of urea groups is 1. The molecule has 3 aromatic heterocycles. The van der Waals surface area contributed by atoms with Gasteiger partial charge in [-0.15, -0.1) is 0 Å². The van der Waals surface area contributed by atoms with Crippen LogP contribution in [0.15, 0.2) is 61.3 Å². The summed E-state index contributed by atoms with van der Waals surface area (Å²) in [5, 5.41) is 16.2. The second-order valence-corrected chi connectivity index (χ2v) is 11.4. The number of benzene rings is 1. The quantitative estimate of drug-likeness (QED) is 0.272. The number of aromatic nitrogens is 6. The summed E-state index contributed by atoms with van der Waals surface area (Å²) in [5.74, 6) is 1.45. The first kappa shape index (κ1) is 31.6. The first-order chi connectivity index (χ1) is 23.1. The predicted molar refractivity (Wildman–Crippen MR) is 175 cm³/mol. The van der Waals surface area contributed by atoms with Gasteiger partial charge in [0.15, 0.2) is 5.82 Å². The lowest BCUT2D eigenvalue weighted by molar-refractivity contribution is 0.152. The van der Waals surface area contributed by atoms with Crippen LogP contribution in [0.25, 0.3) is 11.1 Å². The number of ether oxygens (including phenoxy) is 2. The highest BCUT2D eigenvalue weighted by molar-refractivity contribution is 5.90. The van der Waals surface area contributed by atoms with E-state index in [1.807, 2.05) is 30.3 Å². The Hall–Kier alpha value is -5.42. The summed E-state index contributed by atoms with van der Waals surface area (Å²) in [5.41, 5.74) is 2.91. The van der Waals surface area contributed by atoms with Crippen LogP contribution in [-0.2, 0) is 11.3 Å². The van der Waals surface area contributed by atoms with Gasteiger partial charge in [-0.05, 0) is 37.7 Å². The number of hydrogen-bond donors (Lipinski definition) is 2. The topological polar surface area (TPSA) is 167 Å². The van der Waals surface area contributed by atoms with Crippen molar-refractivity contribution < 1.29 is 14.3 Å². The highest BCUT2D eigenvalue weighted by atomic mass is 16.5. The molecule has 14 nitrogen and oxygen atoms in total. The standard InChI is InChI=1S/C33H37N11O3/c1-46-32-38-21-26(22-39-32)25-19-36-31(37-20-25)44(33(45)40-17-23-6-3-2-4-7-23)28-10-8-27(9-11-28)41-30-35-18-24(16-34)29(42-30)43-12-5-14-47-15-13-43/h2-4,6-7,18-22,27-28H,5,8-15,17H2,1H3,(H,40,45)(H,35,41,42)/t27-,28-. The van der Waals surface area contributed by atoms with Crippen LogP contribution in [0.3, 0.4) is 0 Å². The van der Waals surface area contributed by atoms with Gasteiger partial charge in [0.25, 0.3) is 0 Å². The minimum absolute atomic E-state index is 0.104. The minimum atomic E-state index is -0.257. The molecular formula is C33H37N11O3. The van der Waals surface area contributed by atoms with Gasteiger partial charge in [0.1, 0.15) is 11.6 Å². The molecule has 6 rings (SSSR count). The molecule has 0 radical (unpaired) electrons. The van der Waals surface area contributed by atoms with Crippen LogP contribution < -0.4 is 25.2 Å². The normalized spacial score (nSPS) is 18.0. The molecule has 0 bridgehead atoms. The number of methoxy groups -OCH3 is 1. The maximum atomic E-state index is 13.7. The second kappa shape index (κ2) is 15.2. The van der Waals surface area contributed by atoms with E-state index in [0.717, 1.165) is 55.3 Å². The molecule has 1 aliphatic carbocycles. The van der Waals surface area contributed by atoms with Crippen LogP contribution in [0.2, 0.25) is 0 Å². The molecule has 0 atom stereocenters. The number of hydrogen-bond acceptors (Lipinski definition) is 12. The Morgan fingerprint density at radius 2 is 1.70 bits per heavy atom. The molecule has 1 saturated carbocycles. The SMILES string of the molecule is COc1ncc(-c2cnc(N(C(=O)NCc3ccccc3)[C@H]3CC[C@H](Nc4ncc(C#N)c(N5CCCOCC5)n4)CC3)nc2)cn1. The molecule has 47 heavy (non-hydrogen) atoms. The van der Waals surface area contributed by atoms with E-state index >= 15 is 0 Å². The Bertz CT molecular complexity index is 1650. The van der Waals surface area contributed by atoms with Crippen molar-refractivity contribution in [2.45, 2.75) is 50.7 Å². The summed E-state index contributed by atoms with van der Waals surface area (Å²) in [4.78, 5) is 44.2. The van der Waals surface area contributed by atoms with Gasteiger partial charge in [-0.1, -0.05) is 30.3 Å². The van der Waals surface area contributed by atoms with E-state index in [-0.39, 0.29) is 24.1 Å². The summed E-state index contributed by atoms with van der Waals surface area (Å²) < 4.78 is 10.6. The first-order valence-corrected chi connectivity index (χ1v) is 15.8. The first-order valence-electron chi connectivity index (χ1n) is 15.8. The van der Waals surface area contributed by atoms with Crippen LogP contribution in [0.1, 0.15) is 43.2 Å². The number of amides is 2. The molecule has 2 aliphatic rings. The van der Waals surface area contributed by atoms with Crippen LogP contribution in [-0.4, -0.2) is 81.4 Å². The van der Waals surface area contributed by atoms with E-state index in [1.165, 1.54) is 7.11 Å². The largest absolute Gasteiger partial charge is 0.467 e. The summed E-state index contributed by atoms with van der Waals surface area (Å²) >= 11 is 0. The molecule has 0 unspecified atom stereocenters.